The van der Waals surface area contributed by atoms with Gasteiger partial charge in [0.1, 0.15) is 5.82 Å². The third kappa shape index (κ3) is 3.53. The molecule has 7 nitrogen and oxygen atoms in total. The maximum atomic E-state index is 12.9. The molecule has 3 aromatic rings. The summed E-state index contributed by atoms with van der Waals surface area (Å²) in [6, 6.07) is 6.80. The van der Waals surface area contributed by atoms with Crippen LogP contribution in [0.4, 0.5) is 10.2 Å². The number of halogens is 1. The molecule has 0 bridgehead atoms. The van der Waals surface area contributed by atoms with Gasteiger partial charge in [0.15, 0.2) is 0 Å². The Morgan fingerprint density at radius 1 is 1.27 bits per heavy atom. The zero-order valence-electron chi connectivity index (χ0n) is 14.4. The molecular weight excluding hydrogens is 337 g/mol. The van der Waals surface area contributed by atoms with Crippen LogP contribution >= 0.6 is 0 Å². The quantitative estimate of drug-likeness (QED) is 0.731. The number of nitrogens with zero attached hydrogens (tertiary/aromatic N) is 3. The van der Waals surface area contributed by atoms with Crippen molar-refractivity contribution in [1.82, 2.24) is 19.9 Å². The maximum Gasteiger partial charge on any atom is 0.256 e. The number of pyridine rings is 1. The van der Waals surface area contributed by atoms with Crippen molar-refractivity contribution in [3.05, 3.63) is 64.7 Å². The van der Waals surface area contributed by atoms with E-state index in [1.807, 2.05) is 6.92 Å². The lowest BCUT2D eigenvalue weighted by Gasteiger charge is -2.25. The fourth-order valence-electron chi connectivity index (χ4n) is 2.57. The van der Waals surface area contributed by atoms with E-state index < -0.39 is 5.95 Å². The van der Waals surface area contributed by atoms with Crippen molar-refractivity contribution < 1.29 is 9.18 Å². The molecule has 0 saturated carbocycles. The molecule has 26 heavy (non-hydrogen) atoms. The number of rotatable bonds is 5. The lowest BCUT2D eigenvalue weighted by Crippen LogP contribution is -2.39. The van der Waals surface area contributed by atoms with E-state index in [2.05, 4.69) is 20.3 Å². The minimum absolute atomic E-state index is 0.181. The van der Waals surface area contributed by atoms with Crippen LogP contribution in [0.2, 0.25) is 0 Å². The normalized spacial score (nSPS) is 12.0. The summed E-state index contributed by atoms with van der Waals surface area (Å²) >= 11 is 0. The van der Waals surface area contributed by atoms with Crippen molar-refractivity contribution in [1.29, 1.82) is 0 Å². The predicted molar refractivity (Wildman–Crippen MR) is 96.6 cm³/mol. The fraction of sp³-hybridized carbons (Fsp3) is 0.222. The molecule has 2 N–H and O–H groups in total. The third-order valence-electron chi connectivity index (χ3n) is 4.22. The van der Waals surface area contributed by atoms with E-state index in [9.17, 15) is 14.0 Å². The second kappa shape index (κ2) is 7.30. The second-order valence-corrected chi connectivity index (χ2v) is 5.95. The number of hydrogen-bond acceptors (Lipinski definition) is 5. The molecule has 1 unspecified atom stereocenters. The molecular formula is C18H18FN5O2. The summed E-state index contributed by atoms with van der Waals surface area (Å²) < 4.78 is 12.8. The lowest BCUT2D eigenvalue weighted by molar-refractivity contribution is 0.0752. The number of carbonyl (C=O) groups is 1. The number of aromatic amines is 1. The molecule has 0 saturated heterocycles. The van der Waals surface area contributed by atoms with E-state index in [1.165, 1.54) is 12.4 Å². The number of benzene rings is 1. The summed E-state index contributed by atoms with van der Waals surface area (Å²) in [6.07, 6.45) is 3.75. The Labute approximate surface area is 148 Å². The Morgan fingerprint density at radius 2 is 2.00 bits per heavy atom. The van der Waals surface area contributed by atoms with Gasteiger partial charge in [-0.2, -0.15) is 4.39 Å². The standard InChI is InChI=1S/C18H18FN5O2/c1-11(7-21-16-10-20-15(19)9-22-16)24(2)18(26)14-8-23-17(25)13-6-4-3-5-12(13)14/h3-6,8-11H,7H2,1-2H3,(H,21,22)(H,23,25). The van der Waals surface area contributed by atoms with E-state index >= 15 is 0 Å². The Morgan fingerprint density at radius 3 is 2.69 bits per heavy atom. The molecule has 2 heterocycles. The molecule has 2 aromatic heterocycles. The van der Waals surface area contributed by atoms with Gasteiger partial charge in [-0.3, -0.25) is 9.59 Å². The molecule has 0 fully saturated rings. The highest BCUT2D eigenvalue weighted by Gasteiger charge is 2.20. The average Bonchev–Trinajstić information content (AvgIpc) is 2.66. The summed E-state index contributed by atoms with van der Waals surface area (Å²) in [7, 11) is 1.69. The van der Waals surface area contributed by atoms with E-state index in [1.54, 1.807) is 36.2 Å². The Bertz CT molecular complexity index is 987. The second-order valence-electron chi connectivity index (χ2n) is 5.95. The third-order valence-corrected chi connectivity index (χ3v) is 4.22. The first-order valence-corrected chi connectivity index (χ1v) is 8.06. The summed E-state index contributed by atoms with van der Waals surface area (Å²) in [4.78, 5) is 36.4. The van der Waals surface area contributed by atoms with Crippen LogP contribution in [0.25, 0.3) is 10.8 Å². The van der Waals surface area contributed by atoms with Crippen molar-refractivity contribution in [2.75, 3.05) is 18.9 Å². The van der Waals surface area contributed by atoms with Crippen LogP contribution in [0.3, 0.4) is 0 Å². The Balaban J connectivity index is 1.76. The van der Waals surface area contributed by atoms with E-state index in [0.29, 0.717) is 28.7 Å². The van der Waals surface area contributed by atoms with Gasteiger partial charge in [0, 0.05) is 36.6 Å². The molecule has 0 aliphatic rings. The monoisotopic (exact) mass is 355 g/mol. The highest BCUT2D eigenvalue weighted by atomic mass is 19.1. The SMILES string of the molecule is CC(CNc1cnc(F)cn1)N(C)C(=O)c1c[nH]c(=O)c2ccccc12. The molecule has 0 spiro atoms. The number of anilines is 1. The largest absolute Gasteiger partial charge is 0.367 e. The first kappa shape index (κ1) is 17.5. The average molecular weight is 355 g/mol. The fourth-order valence-corrected chi connectivity index (χ4v) is 2.57. The van der Waals surface area contributed by atoms with E-state index in [4.69, 9.17) is 0 Å². The van der Waals surface area contributed by atoms with Gasteiger partial charge in [-0.1, -0.05) is 18.2 Å². The zero-order chi connectivity index (χ0) is 18.7. The molecule has 0 aliphatic heterocycles. The van der Waals surface area contributed by atoms with Crippen LogP contribution in [-0.2, 0) is 0 Å². The lowest BCUT2D eigenvalue weighted by atomic mass is 10.1. The number of aromatic nitrogens is 3. The number of H-pyrrole nitrogens is 1. The molecule has 0 radical (unpaired) electrons. The minimum atomic E-state index is -0.652. The smallest absolute Gasteiger partial charge is 0.256 e. The first-order valence-electron chi connectivity index (χ1n) is 8.06. The van der Waals surface area contributed by atoms with E-state index in [0.717, 1.165) is 6.20 Å². The number of amides is 1. The van der Waals surface area contributed by atoms with Crippen LogP contribution in [0.5, 0.6) is 0 Å². The van der Waals surface area contributed by atoms with Gasteiger partial charge in [-0.15, -0.1) is 0 Å². The van der Waals surface area contributed by atoms with Gasteiger partial charge in [-0.25, -0.2) is 9.97 Å². The summed E-state index contributed by atoms with van der Waals surface area (Å²) in [5, 5.41) is 4.09. The maximum absolute atomic E-state index is 12.9. The minimum Gasteiger partial charge on any atom is -0.367 e. The van der Waals surface area contributed by atoms with Gasteiger partial charge < -0.3 is 15.2 Å². The molecule has 134 valence electrons. The molecule has 0 aliphatic carbocycles. The highest BCUT2D eigenvalue weighted by Crippen LogP contribution is 2.17. The van der Waals surface area contributed by atoms with E-state index in [-0.39, 0.29) is 17.5 Å². The number of likely N-dealkylation sites (N-methyl/N-ethyl adjacent to an activating group) is 1. The van der Waals surface area contributed by atoms with Crippen LogP contribution in [-0.4, -0.2) is 45.4 Å². The molecule has 3 rings (SSSR count). The predicted octanol–water partition coefficient (Wildman–Crippen LogP) is 2.03. The first-order chi connectivity index (χ1) is 12.5. The number of fused-ring (bicyclic) bond motifs is 1. The Hall–Kier alpha value is -3.29. The van der Waals surface area contributed by atoms with Crippen molar-refractivity contribution in [2.45, 2.75) is 13.0 Å². The number of nitrogens with one attached hydrogen (secondary N) is 2. The number of carbonyl (C=O) groups excluding carboxylic acids is 1. The van der Waals surface area contributed by atoms with Crippen LogP contribution in [0.15, 0.2) is 47.7 Å². The zero-order valence-corrected chi connectivity index (χ0v) is 14.4. The Kier molecular flexibility index (Phi) is 4.92. The van der Waals surface area contributed by atoms with Crippen molar-refractivity contribution in [3.63, 3.8) is 0 Å². The van der Waals surface area contributed by atoms with Crippen LogP contribution in [0.1, 0.15) is 17.3 Å². The molecule has 1 aromatic carbocycles. The molecule has 1 atom stereocenters. The van der Waals surface area contributed by atoms with Crippen molar-refractivity contribution in [3.8, 4) is 0 Å². The molecule has 1 amide bonds. The van der Waals surface area contributed by atoms with Crippen LogP contribution in [0, 0.1) is 5.95 Å². The number of hydrogen-bond donors (Lipinski definition) is 2. The molecule has 8 heteroatoms. The van der Waals surface area contributed by atoms with Gasteiger partial charge in [0.05, 0.1) is 18.0 Å². The van der Waals surface area contributed by atoms with Gasteiger partial charge >= 0.3 is 0 Å². The van der Waals surface area contributed by atoms with Crippen molar-refractivity contribution in [2.24, 2.45) is 0 Å². The van der Waals surface area contributed by atoms with Crippen LogP contribution < -0.4 is 10.9 Å². The summed E-state index contributed by atoms with van der Waals surface area (Å²) in [5.41, 5.74) is 0.195. The summed E-state index contributed by atoms with van der Waals surface area (Å²) in [6.45, 7) is 2.28. The van der Waals surface area contributed by atoms with Gasteiger partial charge in [-0.05, 0) is 13.0 Å². The topological polar surface area (TPSA) is 91.0 Å². The van der Waals surface area contributed by atoms with Gasteiger partial charge in [0.25, 0.3) is 11.5 Å². The van der Waals surface area contributed by atoms with Crippen molar-refractivity contribution >= 4 is 22.5 Å². The summed E-state index contributed by atoms with van der Waals surface area (Å²) in [5.74, 6) is -0.439. The van der Waals surface area contributed by atoms with Gasteiger partial charge in [0.2, 0.25) is 5.95 Å². The highest BCUT2D eigenvalue weighted by molar-refractivity contribution is 6.06.